The number of ether oxygens (including phenoxy) is 1. The number of carbonyl (C=O) groups excluding carboxylic acids is 1. The average Bonchev–Trinajstić information content (AvgIpc) is 2.80. The zero-order chi connectivity index (χ0) is 28.2. The van der Waals surface area contributed by atoms with Crippen LogP contribution in [-0.2, 0) is 14.8 Å². The second-order valence-electron chi connectivity index (χ2n) is 9.38. The summed E-state index contributed by atoms with van der Waals surface area (Å²) in [7, 11) is -2.44. The highest BCUT2D eigenvalue weighted by Gasteiger charge is 2.27. The summed E-state index contributed by atoms with van der Waals surface area (Å²) in [5.74, 6) is 0. The van der Waals surface area contributed by atoms with Gasteiger partial charge in [0.1, 0.15) is 6.10 Å². The first-order valence-corrected chi connectivity index (χ1v) is 14.2. The Morgan fingerprint density at radius 1 is 1.27 bits per heavy atom. The van der Waals surface area contributed by atoms with Crippen molar-refractivity contribution in [1.29, 1.82) is 5.41 Å². The van der Waals surface area contributed by atoms with Crippen LogP contribution >= 0.6 is 11.8 Å². The van der Waals surface area contributed by atoms with E-state index in [0.717, 1.165) is 24.6 Å². The maximum atomic E-state index is 13.3. The number of sulfonamides is 1. The zero-order valence-corrected chi connectivity index (χ0v) is 24.1. The molecule has 37 heavy (non-hydrogen) atoms. The number of benzene rings is 1. The molecule has 1 aromatic rings. The van der Waals surface area contributed by atoms with Gasteiger partial charge in [0, 0.05) is 35.3 Å². The lowest BCUT2D eigenvalue weighted by Gasteiger charge is -2.23. The van der Waals surface area contributed by atoms with Crippen LogP contribution in [-0.4, -0.2) is 44.8 Å². The SMILES string of the molecule is C=C/C=C\C(=C)CNC(=O)Nc1ccc(C(=C)SC(=N)C(CCCC)OC)c(S(=O)(=O)NC(C)(C)C)c1. The molecular weight excluding hydrogens is 508 g/mol. The van der Waals surface area contributed by atoms with E-state index < -0.39 is 27.7 Å². The van der Waals surface area contributed by atoms with Gasteiger partial charge in [-0.1, -0.05) is 75.6 Å². The van der Waals surface area contributed by atoms with Crippen molar-refractivity contribution in [2.45, 2.75) is 63.5 Å². The number of amides is 2. The normalized spacial score (nSPS) is 12.7. The van der Waals surface area contributed by atoms with Crippen molar-refractivity contribution in [2.75, 3.05) is 19.0 Å². The number of thioether (sulfide) groups is 1. The third-order valence-corrected chi connectivity index (χ3v) is 7.59. The van der Waals surface area contributed by atoms with Crippen LogP contribution in [0.3, 0.4) is 0 Å². The van der Waals surface area contributed by atoms with E-state index in [1.165, 1.54) is 6.07 Å². The van der Waals surface area contributed by atoms with Gasteiger partial charge in [0.15, 0.2) is 0 Å². The number of rotatable bonds is 14. The van der Waals surface area contributed by atoms with Gasteiger partial charge in [-0.05, 0) is 44.9 Å². The lowest BCUT2D eigenvalue weighted by atomic mass is 10.1. The maximum absolute atomic E-state index is 13.3. The fourth-order valence-corrected chi connectivity index (χ4v) is 5.78. The largest absolute Gasteiger partial charge is 0.375 e. The Morgan fingerprint density at radius 3 is 2.51 bits per heavy atom. The first-order valence-electron chi connectivity index (χ1n) is 11.9. The molecule has 0 bridgehead atoms. The third kappa shape index (κ3) is 11.5. The Balaban J connectivity index is 3.25. The highest BCUT2D eigenvalue weighted by Crippen LogP contribution is 2.35. The zero-order valence-electron chi connectivity index (χ0n) is 22.4. The number of allylic oxidation sites excluding steroid dienone is 2. The quantitative estimate of drug-likeness (QED) is 0.128. The maximum Gasteiger partial charge on any atom is 0.319 e. The predicted octanol–water partition coefficient (Wildman–Crippen LogP) is 6.07. The van der Waals surface area contributed by atoms with Gasteiger partial charge in [-0.2, -0.15) is 0 Å². The summed E-state index contributed by atoms with van der Waals surface area (Å²) in [6.45, 7) is 19.0. The van der Waals surface area contributed by atoms with Crippen LogP contribution in [0.4, 0.5) is 10.5 Å². The van der Waals surface area contributed by atoms with Crippen LogP contribution in [0.1, 0.15) is 52.5 Å². The Kier molecular flexibility index (Phi) is 13.1. The number of urea groups is 1. The molecule has 0 fully saturated rings. The standard InChI is InChI=1S/C27H40N4O4S2/c1-9-11-13-19(3)18-29-26(32)30-21-15-16-22(24(17-21)37(33,34)31-27(5,6)7)20(4)36-25(28)23(35-8)14-12-10-2/h9,11,13,15-17,23,28,31H,1,3-4,10,12,14,18H2,2,5-8H3,(H2,29,30,32)/b13-11-,28-25?. The summed E-state index contributed by atoms with van der Waals surface area (Å²) >= 11 is 1.07. The minimum Gasteiger partial charge on any atom is -0.375 e. The van der Waals surface area contributed by atoms with Gasteiger partial charge in [0.05, 0.1) is 9.94 Å². The molecule has 204 valence electrons. The fourth-order valence-electron chi connectivity index (χ4n) is 3.14. The minimum absolute atomic E-state index is 0.0497. The van der Waals surface area contributed by atoms with Crippen LogP contribution in [0.25, 0.3) is 4.91 Å². The fraction of sp³-hybridized carbons (Fsp3) is 0.407. The van der Waals surface area contributed by atoms with E-state index in [1.54, 1.807) is 58.2 Å². The van der Waals surface area contributed by atoms with Gasteiger partial charge >= 0.3 is 6.03 Å². The molecule has 1 aromatic carbocycles. The number of hydrogen-bond donors (Lipinski definition) is 4. The first kappa shape index (κ1) is 32.4. The average molecular weight is 549 g/mol. The molecule has 1 unspecified atom stereocenters. The van der Waals surface area contributed by atoms with Crippen molar-refractivity contribution < 1.29 is 17.9 Å². The second-order valence-corrected chi connectivity index (χ2v) is 12.2. The highest BCUT2D eigenvalue weighted by atomic mass is 32.2. The van der Waals surface area contributed by atoms with Gasteiger partial charge in [-0.25, -0.2) is 17.9 Å². The summed E-state index contributed by atoms with van der Waals surface area (Å²) in [4.78, 5) is 12.7. The Labute approximate surface area is 226 Å². The van der Waals surface area contributed by atoms with Crippen LogP contribution in [0, 0.1) is 5.41 Å². The molecule has 1 atom stereocenters. The molecule has 0 saturated heterocycles. The molecule has 0 spiro atoms. The Hall–Kier alpha value is -2.66. The van der Waals surface area contributed by atoms with Gasteiger partial charge in [0.2, 0.25) is 10.0 Å². The van der Waals surface area contributed by atoms with E-state index in [9.17, 15) is 13.2 Å². The van der Waals surface area contributed by atoms with Crippen LogP contribution in [0.15, 0.2) is 66.6 Å². The molecule has 10 heteroatoms. The Bertz CT molecular complexity index is 1140. The van der Waals surface area contributed by atoms with Crippen molar-refractivity contribution in [2.24, 2.45) is 0 Å². The molecule has 0 radical (unpaired) electrons. The van der Waals surface area contributed by atoms with Crippen LogP contribution < -0.4 is 15.4 Å². The van der Waals surface area contributed by atoms with Crippen molar-refractivity contribution in [1.82, 2.24) is 10.0 Å². The van der Waals surface area contributed by atoms with Crippen molar-refractivity contribution >= 4 is 43.5 Å². The lowest BCUT2D eigenvalue weighted by Crippen LogP contribution is -2.40. The van der Waals surface area contributed by atoms with E-state index >= 15 is 0 Å². The Morgan fingerprint density at radius 2 is 1.95 bits per heavy atom. The van der Waals surface area contributed by atoms with E-state index in [1.807, 2.05) is 0 Å². The number of hydrogen-bond acceptors (Lipinski definition) is 6. The van der Waals surface area contributed by atoms with Crippen LogP contribution in [0.2, 0.25) is 0 Å². The summed E-state index contributed by atoms with van der Waals surface area (Å²) in [6.07, 6.45) is 7.22. The van der Waals surface area contributed by atoms with Gasteiger partial charge in [-0.15, -0.1) is 0 Å². The molecule has 8 nitrogen and oxygen atoms in total. The van der Waals surface area contributed by atoms with Gasteiger partial charge < -0.3 is 15.4 Å². The second kappa shape index (κ2) is 14.9. The molecule has 1 rings (SSSR count). The molecule has 0 aromatic heterocycles. The third-order valence-electron chi connectivity index (χ3n) is 4.84. The smallest absolute Gasteiger partial charge is 0.319 e. The topological polar surface area (TPSA) is 120 Å². The first-order chi connectivity index (χ1) is 17.2. The number of unbranched alkanes of at least 4 members (excludes halogenated alkanes) is 1. The highest BCUT2D eigenvalue weighted by molar-refractivity contribution is 8.21. The van der Waals surface area contributed by atoms with E-state index in [4.69, 9.17) is 10.1 Å². The number of methoxy groups -OCH3 is 1. The van der Waals surface area contributed by atoms with Crippen molar-refractivity contribution in [3.8, 4) is 0 Å². The van der Waals surface area contributed by atoms with E-state index in [0.29, 0.717) is 22.5 Å². The van der Waals surface area contributed by atoms with E-state index in [-0.39, 0.29) is 22.2 Å². The summed E-state index contributed by atoms with van der Waals surface area (Å²) in [5, 5.41) is 14.0. The van der Waals surface area contributed by atoms with Crippen molar-refractivity contribution in [3.63, 3.8) is 0 Å². The molecule has 0 aliphatic heterocycles. The molecule has 0 aliphatic rings. The number of nitrogens with one attached hydrogen (secondary N) is 4. The molecule has 0 saturated carbocycles. The number of anilines is 1. The predicted molar refractivity (Wildman–Crippen MR) is 157 cm³/mol. The van der Waals surface area contributed by atoms with E-state index in [2.05, 4.69) is 42.0 Å². The lowest BCUT2D eigenvalue weighted by molar-refractivity contribution is 0.148. The molecule has 4 N–H and O–H groups in total. The summed E-state index contributed by atoms with van der Waals surface area (Å²) in [5.41, 5.74) is 0.560. The summed E-state index contributed by atoms with van der Waals surface area (Å²) in [6, 6.07) is 4.05. The molecule has 0 aliphatic carbocycles. The van der Waals surface area contributed by atoms with Gasteiger partial charge in [0.25, 0.3) is 0 Å². The molecular formula is C27H40N4O4S2. The van der Waals surface area contributed by atoms with Gasteiger partial charge in [-0.3, -0.25) is 5.41 Å². The summed E-state index contributed by atoms with van der Waals surface area (Å²) < 4.78 is 34.8. The van der Waals surface area contributed by atoms with Crippen molar-refractivity contribution in [3.05, 3.63) is 67.3 Å². The molecule has 2 amide bonds. The molecule has 0 heterocycles. The number of carbonyl (C=O) groups is 1. The minimum atomic E-state index is -3.99. The van der Waals surface area contributed by atoms with Crippen LogP contribution in [0.5, 0.6) is 0 Å². The monoisotopic (exact) mass is 548 g/mol.